The highest BCUT2D eigenvalue weighted by Gasteiger charge is 2.45. The molecule has 1 fully saturated rings. The minimum Gasteiger partial charge on any atom is -0.497 e. The highest BCUT2D eigenvalue weighted by Crippen LogP contribution is 2.29. The maximum absolute atomic E-state index is 13.2. The molecule has 3 rings (SSSR count). The van der Waals surface area contributed by atoms with Crippen molar-refractivity contribution in [1.82, 2.24) is 10.0 Å². The molecule has 1 saturated heterocycles. The minimum absolute atomic E-state index is 0.0458. The van der Waals surface area contributed by atoms with E-state index in [0.29, 0.717) is 28.0 Å². The molecule has 1 aliphatic heterocycles. The van der Waals surface area contributed by atoms with Crippen LogP contribution in [0, 0.1) is 0 Å². The third kappa shape index (κ3) is 4.37. The normalized spacial score (nSPS) is 16.2. The molecule has 9 heteroatoms. The maximum atomic E-state index is 13.2. The molecule has 0 radical (unpaired) electrons. The lowest BCUT2D eigenvalue weighted by atomic mass is 10.1. The lowest BCUT2D eigenvalue weighted by Gasteiger charge is -2.29. The van der Waals surface area contributed by atoms with Gasteiger partial charge in [-0.3, -0.25) is 19.5 Å². The van der Waals surface area contributed by atoms with Gasteiger partial charge in [-0.2, -0.15) is 0 Å². The van der Waals surface area contributed by atoms with Crippen molar-refractivity contribution in [2.75, 3.05) is 38.5 Å². The Morgan fingerprint density at radius 2 is 1.57 bits per heavy atom. The third-order valence-electron chi connectivity index (χ3n) is 4.70. The molecule has 1 N–H and O–H groups in total. The molecular formula is C21H24N4O4S. The van der Waals surface area contributed by atoms with E-state index in [1.165, 1.54) is 4.90 Å². The first-order valence-corrected chi connectivity index (χ1v) is 9.69. The maximum Gasteiger partial charge on any atom is 0.258 e. The molecule has 158 valence electrons. The summed E-state index contributed by atoms with van der Waals surface area (Å²) in [6.45, 7) is 0. The van der Waals surface area contributed by atoms with Crippen LogP contribution in [0.2, 0.25) is 0 Å². The summed E-state index contributed by atoms with van der Waals surface area (Å²) in [5.74, 6) is 0.822. The second kappa shape index (κ2) is 9.10. The minimum atomic E-state index is -0.743. The molecule has 1 heterocycles. The molecule has 1 atom stereocenters. The van der Waals surface area contributed by atoms with Crippen molar-refractivity contribution in [2.24, 2.45) is 0 Å². The molecule has 0 unspecified atom stereocenters. The van der Waals surface area contributed by atoms with Crippen molar-refractivity contribution in [2.45, 2.75) is 12.5 Å². The number of anilines is 2. The topological polar surface area (TPSA) is 74.3 Å². The lowest BCUT2D eigenvalue weighted by molar-refractivity contribution is -0.127. The van der Waals surface area contributed by atoms with E-state index in [4.69, 9.17) is 21.7 Å². The average molecular weight is 429 g/mol. The quantitative estimate of drug-likeness (QED) is 0.679. The van der Waals surface area contributed by atoms with Crippen LogP contribution in [0.25, 0.3) is 0 Å². The molecule has 8 nitrogen and oxygen atoms in total. The van der Waals surface area contributed by atoms with Gasteiger partial charge in [0.2, 0.25) is 5.91 Å². The van der Waals surface area contributed by atoms with Crippen LogP contribution in [0.3, 0.4) is 0 Å². The van der Waals surface area contributed by atoms with E-state index >= 15 is 0 Å². The number of thiocarbonyl (C=S) groups is 1. The molecule has 2 aromatic rings. The summed E-state index contributed by atoms with van der Waals surface area (Å²) in [6.07, 6.45) is -0.0458. The Morgan fingerprint density at radius 3 is 2.07 bits per heavy atom. The zero-order valence-electron chi connectivity index (χ0n) is 17.3. The predicted octanol–water partition coefficient (Wildman–Crippen LogP) is 2.51. The largest absolute Gasteiger partial charge is 0.497 e. The lowest BCUT2D eigenvalue weighted by Crippen LogP contribution is -2.46. The summed E-state index contributed by atoms with van der Waals surface area (Å²) in [7, 11) is 6.72. The molecule has 0 bridgehead atoms. The van der Waals surface area contributed by atoms with Gasteiger partial charge < -0.3 is 14.8 Å². The molecule has 0 aromatic heterocycles. The molecule has 0 aliphatic carbocycles. The van der Waals surface area contributed by atoms with E-state index < -0.39 is 6.04 Å². The SMILES string of the molecule is COc1ccc(NC(=O)C[C@H]2C(=O)N(c3ccc(OC)cc3)C(=S)N2N(C)C)cc1. The Balaban J connectivity index is 1.78. The van der Waals surface area contributed by atoms with Crippen molar-refractivity contribution in [3.05, 3.63) is 48.5 Å². The summed E-state index contributed by atoms with van der Waals surface area (Å²) in [5, 5.41) is 6.50. The first-order chi connectivity index (χ1) is 14.3. The molecule has 30 heavy (non-hydrogen) atoms. The summed E-state index contributed by atoms with van der Waals surface area (Å²) >= 11 is 5.56. The van der Waals surface area contributed by atoms with Gasteiger partial charge in [-0.05, 0) is 60.7 Å². The first kappa shape index (κ1) is 21.5. The molecule has 0 saturated carbocycles. The van der Waals surface area contributed by atoms with Gasteiger partial charge in [0, 0.05) is 19.8 Å². The van der Waals surface area contributed by atoms with Gasteiger partial charge in [-0.15, -0.1) is 0 Å². The Kier molecular flexibility index (Phi) is 6.53. The van der Waals surface area contributed by atoms with E-state index in [1.807, 2.05) is 0 Å². The number of rotatable bonds is 7. The second-order valence-electron chi connectivity index (χ2n) is 6.84. The number of benzene rings is 2. The van der Waals surface area contributed by atoms with E-state index in [2.05, 4.69) is 5.32 Å². The number of hydrogen-bond acceptors (Lipinski definition) is 6. The van der Waals surface area contributed by atoms with Crippen molar-refractivity contribution in [3.8, 4) is 11.5 Å². The monoisotopic (exact) mass is 428 g/mol. The fourth-order valence-electron chi connectivity index (χ4n) is 3.24. The summed E-state index contributed by atoms with van der Waals surface area (Å²) in [6, 6.07) is 13.3. The van der Waals surface area contributed by atoms with Crippen LogP contribution < -0.4 is 19.7 Å². The number of carbonyl (C=O) groups is 2. The number of ether oxygens (including phenoxy) is 2. The molecule has 0 spiro atoms. The van der Waals surface area contributed by atoms with Crippen molar-refractivity contribution in [3.63, 3.8) is 0 Å². The number of nitrogens with one attached hydrogen (secondary N) is 1. The average Bonchev–Trinajstić information content (AvgIpc) is 2.98. The smallest absolute Gasteiger partial charge is 0.258 e. The summed E-state index contributed by atoms with van der Waals surface area (Å²) < 4.78 is 10.3. The zero-order chi connectivity index (χ0) is 21.8. The van der Waals surface area contributed by atoms with Crippen LogP contribution >= 0.6 is 12.2 Å². The molecule has 1 aliphatic rings. The predicted molar refractivity (Wildman–Crippen MR) is 119 cm³/mol. The highest BCUT2D eigenvalue weighted by molar-refractivity contribution is 7.80. The van der Waals surface area contributed by atoms with Gasteiger partial charge in [0.25, 0.3) is 5.91 Å². The highest BCUT2D eigenvalue weighted by atomic mass is 32.1. The zero-order valence-corrected chi connectivity index (χ0v) is 18.1. The fourth-order valence-corrected chi connectivity index (χ4v) is 3.72. The van der Waals surface area contributed by atoms with Crippen LogP contribution in [0.15, 0.2) is 48.5 Å². The van der Waals surface area contributed by atoms with Gasteiger partial charge in [-0.1, -0.05) is 0 Å². The number of nitrogens with zero attached hydrogens (tertiary/aromatic N) is 3. The van der Waals surface area contributed by atoms with Crippen molar-refractivity contribution < 1.29 is 19.1 Å². The van der Waals surface area contributed by atoms with Gasteiger partial charge in [0.05, 0.1) is 26.3 Å². The second-order valence-corrected chi connectivity index (χ2v) is 7.21. The van der Waals surface area contributed by atoms with E-state index in [-0.39, 0.29) is 18.2 Å². The van der Waals surface area contributed by atoms with Crippen LogP contribution in [0.4, 0.5) is 11.4 Å². The standard InChI is InChI=1S/C21H24N4O4S/c1-23(2)25-18(13-19(26)22-14-5-9-16(28-3)10-6-14)20(27)24(21(25)30)15-7-11-17(29-4)12-8-15/h5-12,18H,13H2,1-4H3,(H,22,26)/t18-/m0/s1. The van der Waals surface area contributed by atoms with Crippen LogP contribution in [0.1, 0.15) is 6.42 Å². The molecular weight excluding hydrogens is 404 g/mol. The van der Waals surface area contributed by atoms with Gasteiger partial charge in [0.15, 0.2) is 5.11 Å². The Bertz CT molecular complexity index is 931. The van der Waals surface area contributed by atoms with E-state index in [9.17, 15) is 9.59 Å². The van der Waals surface area contributed by atoms with Gasteiger partial charge in [0.1, 0.15) is 17.5 Å². The van der Waals surface area contributed by atoms with E-state index in [1.54, 1.807) is 86.9 Å². The summed E-state index contributed by atoms with van der Waals surface area (Å²) in [4.78, 5) is 27.3. The van der Waals surface area contributed by atoms with Crippen LogP contribution in [-0.2, 0) is 9.59 Å². The van der Waals surface area contributed by atoms with Crippen molar-refractivity contribution >= 4 is 40.5 Å². The number of carbonyl (C=O) groups excluding carboxylic acids is 2. The fraction of sp³-hybridized carbons (Fsp3) is 0.286. The number of amides is 2. The van der Waals surface area contributed by atoms with Crippen LogP contribution in [0.5, 0.6) is 11.5 Å². The van der Waals surface area contributed by atoms with E-state index in [0.717, 1.165) is 0 Å². The molecule has 2 amide bonds. The van der Waals surface area contributed by atoms with Crippen LogP contribution in [-0.4, -0.2) is 61.3 Å². The summed E-state index contributed by atoms with van der Waals surface area (Å²) in [5.41, 5.74) is 1.24. The first-order valence-electron chi connectivity index (χ1n) is 9.28. The Hall–Kier alpha value is -3.17. The van der Waals surface area contributed by atoms with Gasteiger partial charge >= 0.3 is 0 Å². The van der Waals surface area contributed by atoms with Crippen molar-refractivity contribution in [1.29, 1.82) is 0 Å². The number of hydrogen-bond donors (Lipinski definition) is 1. The number of hydrazine groups is 1. The third-order valence-corrected chi connectivity index (χ3v) is 5.07. The Labute approximate surface area is 180 Å². The number of methoxy groups -OCH3 is 2. The van der Waals surface area contributed by atoms with Gasteiger partial charge in [-0.25, -0.2) is 5.01 Å². The Morgan fingerprint density at radius 1 is 1.03 bits per heavy atom. The molecule has 2 aromatic carbocycles.